The topological polar surface area (TPSA) is 86.7 Å². The van der Waals surface area contributed by atoms with Crippen molar-refractivity contribution in [3.05, 3.63) is 57.6 Å². The Morgan fingerprint density at radius 1 is 1.18 bits per heavy atom. The van der Waals surface area contributed by atoms with Gasteiger partial charge < -0.3 is 10.0 Å². The molecule has 2 rings (SSSR count). The van der Waals surface area contributed by atoms with Crippen LogP contribution in [0.4, 0.5) is 0 Å². The van der Waals surface area contributed by atoms with Crippen molar-refractivity contribution in [1.29, 1.82) is 0 Å². The Bertz CT molecular complexity index is 978. The molecule has 2 N–H and O–H groups in total. The smallest absolute Gasteiger partial charge is 0.255 e. The number of carbonyl (C=O) groups is 1. The predicted octanol–water partition coefficient (Wildman–Crippen LogP) is 3.91. The van der Waals surface area contributed by atoms with E-state index in [1.807, 2.05) is 13.8 Å². The van der Waals surface area contributed by atoms with Gasteiger partial charge >= 0.3 is 0 Å². The summed E-state index contributed by atoms with van der Waals surface area (Å²) in [4.78, 5) is 14.0. The van der Waals surface area contributed by atoms with Crippen LogP contribution >= 0.6 is 23.2 Å². The number of hydrogen-bond donors (Lipinski definition) is 2. The molecule has 9 heteroatoms. The minimum absolute atomic E-state index is 0.00825. The maximum Gasteiger partial charge on any atom is 0.255 e. The molecule has 0 aliphatic heterocycles. The lowest BCUT2D eigenvalue weighted by Gasteiger charge is -2.19. The number of sulfonamides is 1. The van der Waals surface area contributed by atoms with E-state index in [1.54, 1.807) is 18.2 Å². The molecule has 0 fully saturated rings. The van der Waals surface area contributed by atoms with Crippen LogP contribution in [0.1, 0.15) is 29.8 Å². The summed E-state index contributed by atoms with van der Waals surface area (Å²) in [6, 6.07) is 9.05. The van der Waals surface area contributed by atoms with Gasteiger partial charge in [-0.2, -0.15) is 0 Å². The van der Waals surface area contributed by atoms with Gasteiger partial charge in [-0.3, -0.25) is 4.79 Å². The first kappa shape index (κ1) is 22.5. The highest BCUT2D eigenvalue weighted by atomic mass is 35.5. The third kappa shape index (κ3) is 5.38. The molecule has 1 amide bonds. The van der Waals surface area contributed by atoms with Crippen molar-refractivity contribution in [2.45, 2.75) is 25.3 Å². The number of amides is 1. The molecule has 0 aliphatic carbocycles. The molecule has 0 radical (unpaired) electrons. The van der Waals surface area contributed by atoms with Crippen molar-refractivity contribution in [3.8, 4) is 5.75 Å². The number of halogens is 2. The molecular formula is C19H22Cl2N2O4S. The quantitative estimate of drug-likeness (QED) is 0.677. The molecule has 0 unspecified atom stereocenters. The fourth-order valence-electron chi connectivity index (χ4n) is 2.43. The van der Waals surface area contributed by atoms with E-state index in [1.165, 1.54) is 30.1 Å². The Kier molecular flexibility index (Phi) is 7.33. The zero-order valence-corrected chi connectivity index (χ0v) is 18.1. The highest BCUT2D eigenvalue weighted by molar-refractivity contribution is 7.89. The van der Waals surface area contributed by atoms with Crippen LogP contribution in [-0.2, 0) is 16.6 Å². The molecule has 0 saturated carbocycles. The summed E-state index contributed by atoms with van der Waals surface area (Å²) < 4.78 is 27.6. The van der Waals surface area contributed by atoms with E-state index >= 15 is 0 Å². The van der Waals surface area contributed by atoms with Crippen molar-refractivity contribution >= 4 is 39.1 Å². The number of nitrogens with zero attached hydrogens (tertiary/aromatic N) is 1. The fraction of sp³-hybridized carbons (Fsp3) is 0.316. The molecule has 152 valence electrons. The summed E-state index contributed by atoms with van der Waals surface area (Å²) in [5.41, 5.74) is 0.559. The number of rotatable bonds is 7. The summed E-state index contributed by atoms with van der Waals surface area (Å²) in [6.07, 6.45) is 0. The molecule has 28 heavy (non-hydrogen) atoms. The van der Waals surface area contributed by atoms with Crippen LogP contribution in [0.25, 0.3) is 0 Å². The molecule has 0 spiro atoms. The number of phenols is 1. The lowest BCUT2D eigenvalue weighted by molar-refractivity contribution is 0.0784. The first-order chi connectivity index (χ1) is 13.0. The summed E-state index contributed by atoms with van der Waals surface area (Å²) in [5, 5.41) is 9.86. The zero-order chi connectivity index (χ0) is 21.1. The predicted molar refractivity (Wildman–Crippen MR) is 110 cm³/mol. The molecule has 0 bridgehead atoms. The normalized spacial score (nSPS) is 11.6. The van der Waals surface area contributed by atoms with Crippen LogP contribution in [-0.4, -0.2) is 37.9 Å². The Balaban J connectivity index is 2.34. The van der Waals surface area contributed by atoms with Gasteiger partial charge in [-0.25, -0.2) is 13.1 Å². The van der Waals surface area contributed by atoms with Gasteiger partial charge in [-0.05, 0) is 24.1 Å². The van der Waals surface area contributed by atoms with Gasteiger partial charge in [-0.1, -0.05) is 55.2 Å². The molecular weight excluding hydrogens is 423 g/mol. The van der Waals surface area contributed by atoms with Crippen LogP contribution < -0.4 is 4.72 Å². The summed E-state index contributed by atoms with van der Waals surface area (Å²) in [6.45, 7) is 4.10. The number of benzene rings is 2. The molecule has 0 aliphatic rings. The van der Waals surface area contributed by atoms with Crippen molar-refractivity contribution in [1.82, 2.24) is 9.62 Å². The van der Waals surface area contributed by atoms with Crippen molar-refractivity contribution in [2.24, 2.45) is 5.92 Å². The Morgan fingerprint density at radius 2 is 1.82 bits per heavy atom. The lowest BCUT2D eigenvalue weighted by Crippen LogP contribution is -2.29. The number of hydrogen-bond acceptors (Lipinski definition) is 4. The van der Waals surface area contributed by atoms with Gasteiger partial charge in [0.25, 0.3) is 5.91 Å². The van der Waals surface area contributed by atoms with Crippen LogP contribution in [0.3, 0.4) is 0 Å². The average Bonchev–Trinajstić information content (AvgIpc) is 2.61. The van der Waals surface area contributed by atoms with E-state index < -0.39 is 15.9 Å². The third-order valence-electron chi connectivity index (χ3n) is 3.97. The Morgan fingerprint density at radius 3 is 2.43 bits per heavy atom. The zero-order valence-electron chi connectivity index (χ0n) is 15.7. The third-order valence-corrected chi connectivity index (χ3v) is 6.17. The second kappa shape index (κ2) is 9.13. The molecule has 0 heterocycles. The molecule has 0 aromatic heterocycles. The van der Waals surface area contributed by atoms with Gasteiger partial charge in [0.15, 0.2) is 0 Å². The van der Waals surface area contributed by atoms with Gasteiger partial charge in [0, 0.05) is 25.7 Å². The van der Waals surface area contributed by atoms with Crippen molar-refractivity contribution in [2.75, 3.05) is 13.6 Å². The summed E-state index contributed by atoms with van der Waals surface area (Å²) >= 11 is 12.2. The van der Waals surface area contributed by atoms with E-state index in [0.717, 1.165) is 0 Å². The summed E-state index contributed by atoms with van der Waals surface area (Å²) in [5.74, 6) is -0.331. The van der Waals surface area contributed by atoms with E-state index in [4.69, 9.17) is 23.2 Å². The molecule has 0 atom stereocenters. The van der Waals surface area contributed by atoms with Gasteiger partial charge in [0.05, 0.1) is 15.6 Å². The van der Waals surface area contributed by atoms with Gasteiger partial charge in [0.1, 0.15) is 10.6 Å². The molecule has 6 nitrogen and oxygen atoms in total. The number of phenolic OH excluding ortho intramolecular Hbond substituents is 1. The van der Waals surface area contributed by atoms with E-state index in [-0.39, 0.29) is 45.3 Å². The van der Waals surface area contributed by atoms with E-state index in [2.05, 4.69) is 4.72 Å². The monoisotopic (exact) mass is 444 g/mol. The minimum atomic E-state index is -3.90. The standard InChI is InChI=1S/C19H22Cl2N2O4S/c1-12(2)10-22-28(26,27)18-8-14(15(20)9-16(18)21)19(25)23(3)11-13-6-4-5-7-17(13)24/h4-9,12,22,24H,10-11H2,1-3H3. The molecule has 2 aromatic carbocycles. The van der Waals surface area contributed by atoms with Crippen LogP contribution in [0.5, 0.6) is 5.75 Å². The molecule has 2 aromatic rings. The number of aromatic hydroxyl groups is 1. The Hall–Kier alpha value is -1.80. The SMILES string of the molecule is CC(C)CNS(=O)(=O)c1cc(C(=O)N(C)Cc2ccccc2O)c(Cl)cc1Cl. The van der Waals surface area contributed by atoms with Gasteiger partial charge in [-0.15, -0.1) is 0 Å². The first-order valence-corrected chi connectivity index (χ1v) is 10.8. The minimum Gasteiger partial charge on any atom is -0.508 e. The van der Waals surface area contributed by atoms with Crippen molar-refractivity contribution < 1.29 is 18.3 Å². The average molecular weight is 445 g/mol. The number of para-hydroxylation sites is 1. The maximum absolute atomic E-state index is 12.8. The second-order valence-corrected chi connectivity index (χ2v) is 9.35. The van der Waals surface area contributed by atoms with Gasteiger partial charge in [0.2, 0.25) is 10.0 Å². The lowest BCUT2D eigenvalue weighted by atomic mass is 10.1. The van der Waals surface area contributed by atoms with E-state index in [9.17, 15) is 18.3 Å². The van der Waals surface area contributed by atoms with E-state index in [0.29, 0.717) is 5.56 Å². The summed E-state index contributed by atoms with van der Waals surface area (Å²) in [7, 11) is -2.37. The van der Waals surface area contributed by atoms with Crippen LogP contribution in [0.15, 0.2) is 41.3 Å². The number of carbonyl (C=O) groups excluding carboxylic acids is 1. The highest BCUT2D eigenvalue weighted by Gasteiger charge is 2.24. The van der Waals surface area contributed by atoms with Crippen LogP contribution in [0, 0.1) is 5.92 Å². The second-order valence-electron chi connectivity index (χ2n) is 6.80. The fourth-order valence-corrected chi connectivity index (χ4v) is 4.50. The largest absolute Gasteiger partial charge is 0.508 e. The Labute approximate surface area is 175 Å². The number of nitrogens with one attached hydrogen (secondary N) is 1. The van der Waals surface area contributed by atoms with Crippen LogP contribution in [0.2, 0.25) is 10.0 Å². The molecule has 0 saturated heterocycles. The maximum atomic E-state index is 12.8. The highest BCUT2D eigenvalue weighted by Crippen LogP contribution is 2.30. The van der Waals surface area contributed by atoms with Crippen molar-refractivity contribution in [3.63, 3.8) is 0 Å². The first-order valence-electron chi connectivity index (χ1n) is 8.54.